The fourth-order valence-electron chi connectivity index (χ4n) is 8.43. The van der Waals surface area contributed by atoms with Crippen molar-refractivity contribution in [2.45, 2.75) is 51.0 Å². The van der Waals surface area contributed by atoms with Gasteiger partial charge in [0.2, 0.25) is 0 Å². The second-order valence-electron chi connectivity index (χ2n) is 15.2. The number of alkyl halides is 3. The fraction of sp³-hybridized carbons (Fsp3) is 0.372. The van der Waals surface area contributed by atoms with Gasteiger partial charge in [0, 0.05) is 26.7 Å². The van der Waals surface area contributed by atoms with E-state index in [1.165, 1.54) is 13.0 Å². The van der Waals surface area contributed by atoms with Crippen molar-refractivity contribution in [3.05, 3.63) is 99.8 Å². The maximum atomic E-state index is 17.5. The first-order chi connectivity index (χ1) is 27.8. The Bertz CT molecular complexity index is 2330. The second-order valence-corrected chi connectivity index (χ2v) is 15.6. The summed E-state index contributed by atoms with van der Waals surface area (Å²) >= 11 is 7.01. The number of fused-ring (bicyclic) bond motifs is 1. The molecule has 2 saturated heterocycles. The van der Waals surface area contributed by atoms with Gasteiger partial charge in [0.15, 0.2) is 11.6 Å². The van der Waals surface area contributed by atoms with E-state index in [-0.39, 0.29) is 76.7 Å². The molecule has 0 aliphatic carbocycles. The lowest BCUT2D eigenvalue weighted by Gasteiger charge is -2.31. The van der Waals surface area contributed by atoms with E-state index in [1.54, 1.807) is 50.4 Å². The van der Waals surface area contributed by atoms with Gasteiger partial charge in [0.05, 0.1) is 53.5 Å². The third kappa shape index (κ3) is 7.32. The highest BCUT2D eigenvalue weighted by molar-refractivity contribution is 6.36. The smallest absolute Gasteiger partial charge is 0.418 e. The maximum absolute atomic E-state index is 17.5. The average Bonchev–Trinajstić information content (AvgIpc) is 3.67. The topological polar surface area (TPSA) is 85.3 Å². The number of likely N-dealkylation sites (N-methyl/N-ethyl adjacent to an activating group) is 1. The molecule has 5 aromatic rings. The van der Waals surface area contributed by atoms with Crippen LogP contribution in [0, 0.1) is 12.7 Å². The van der Waals surface area contributed by atoms with Crippen LogP contribution in [0.15, 0.2) is 66.7 Å². The summed E-state index contributed by atoms with van der Waals surface area (Å²) in [5.74, 6) is 0.623. The predicted molar refractivity (Wildman–Crippen MR) is 215 cm³/mol. The van der Waals surface area contributed by atoms with Crippen molar-refractivity contribution in [1.29, 1.82) is 0 Å². The Morgan fingerprint density at radius 3 is 2.24 bits per heavy atom. The molecule has 0 amide bonds. The number of benzene rings is 3. The molecule has 0 unspecified atom stereocenters. The Morgan fingerprint density at radius 1 is 0.966 bits per heavy atom. The summed E-state index contributed by atoms with van der Waals surface area (Å²) in [6.07, 6.45) is -2.28. The molecule has 58 heavy (non-hydrogen) atoms. The molecular formula is C43H43ClF4N6O4. The number of halogens is 5. The summed E-state index contributed by atoms with van der Waals surface area (Å²) in [6.45, 7) is 8.37. The minimum Gasteiger partial charge on any atom is -0.497 e. The Kier molecular flexibility index (Phi) is 10.5. The first kappa shape index (κ1) is 39.5. The van der Waals surface area contributed by atoms with Crippen molar-refractivity contribution in [2.24, 2.45) is 0 Å². The summed E-state index contributed by atoms with van der Waals surface area (Å²) in [7, 11) is 4.89. The number of aromatic nitrogens is 3. The molecular weight excluding hydrogens is 776 g/mol. The fourth-order valence-corrected chi connectivity index (χ4v) is 8.75. The molecule has 5 heterocycles. The van der Waals surface area contributed by atoms with E-state index in [9.17, 15) is 0 Å². The van der Waals surface area contributed by atoms with E-state index in [0.29, 0.717) is 18.0 Å². The van der Waals surface area contributed by atoms with Gasteiger partial charge in [0.25, 0.3) is 0 Å². The lowest BCUT2D eigenvalue weighted by Crippen LogP contribution is -2.43. The van der Waals surface area contributed by atoms with Crippen molar-refractivity contribution in [3.63, 3.8) is 0 Å². The standard InChI is InChI=1S/C43H43ClF4N6O4/c1-25-20-42(15-6-16-54(42)21-25)24-58-41-50-38-33-39(57-18-17-52(3)40(33)51-41)35(44)32(36(38)45)37-34(43(46,47)48)26(2)19-31(49-37)53(22-27-7-11-29(55-4)12-8-27)23-28-9-13-30(56-5)14-10-28/h7-14,19H,1,6,15-18,20-24H2,2-5H3/t42-/m0/s1. The first-order valence-corrected chi connectivity index (χ1v) is 19.4. The van der Waals surface area contributed by atoms with Crippen LogP contribution in [0.3, 0.4) is 0 Å². The molecule has 3 aliphatic rings. The molecule has 0 spiro atoms. The van der Waals surface area contributed by atoms with E-state index < -0.39 is 28.8 Å². The molecule has 0 radical (unpaired) electrons. The molecule has 10 nitrogen and oxygen atoms in total. The van der Waals surface area contributed by atoms with Crippen LogP contribution in [0.25, 0.3) is 22.2 Å². The first-order valence-electron chi connectivity index (χ1n) is 19.0. The summed E-state index contributed by atoms with van der Waals surface area (Å²) in [5.41, 5.74) is -0.352. The van der Waals surface area contributed by atoms with Crippen molar-refractivity contribution in [3.8, 4) is 34.5 Å². The SMILES string of the molecule is C=C1CN2CCC[C@@]2(COc2nc3c4c(c(Cl)c(-c5nc(N(Cc6ccc(OC)cc6)Cc6ccc(OC)cc6)cc(C)c5C(F)(F)F)c(F)c4n2)OCCN3C)C1. The van der Waals surface area contributed by atoms with Gasteiger partial charge >= 0.3 is 12.2 Å². The number of anilines is 2. The van der Waals surface area contributed by atoms with Crippen LogP contribution in [0.5, 0.6) is 23.3 Å². The minimum absolute atomic E-state index is 0.0297. The largest absolute Gasteiger partial charge is 0.497 e. The summed E-state index contributed by atoms with van der Waals surface area (Å²) in [4.78, 5) is 19.8. The van der Waals surface area contributed by atoms with E-state index in [1.807, 2.05) is 29.2 Å². The minimum atomic E-state index is -4.94. The number of nitrogens with zero attached hydrogens (tertiary/aromatic N) is 6. The molecule has 3 aliphatic heterocycles. The van der Waals surface area contributed by atoms with E-state index in [0.717, 1.165) is 49.1 Å². The quantitative estimate of drug-likeness (QED) is 0.0952. The highest BCUT2D eigenvalue weighted by Gasteiger charge is 2.47. The van der Waals surface area contributed by atoms with Gasteiger partial charge in [-0.2, -0.15) is 23.1 Å². The molecule has 0 saturated carbocycles. The zero-order valence-electron chi connectivity index (χ0n) is 32.7. The number of rotatable bonds is 11. The predicted octanol–water partition coefficient (Wildman–Crippen LogP) is 9.04. The normalized spacial score (nSPS) is 17.9. The molecule has 1 atom stereocenters. The molecule has 15 heteroatoms. The summed E-state index contributed by atoms with van der Waals surface area (Å²) in [5, 5.41) is -0.231. The van der Waals surface area contributed by atoms with Crippen molar-refractivity contribution >= 4 is 34.1 Å². The number of pyridine rings is 1. The van der Waals surface area contributed by atoms with Crippen LogP contribution in [0.2, 0.25) is 5.02 Å². The van der Waals surface area contributed by atoms with Gasteiger partial charge < -0.3 is 28.7 Å². The van der Waals surface area contributed by atoms with Gasteiger partial charge in [-0.1, -0.05) is 48.0 Å². The lowest BCUT2D eigenvalue weighted by atomic mass is 9.94. The van der Waals surface area contributed by atoms with Crippen LogP contribution >= 0.6 is 11.6 Å². The Hall–Kier alpha value is -5.34. The van der Waals surface area contributed by atoms with Gasteiger partial charge in [-0.05, 0) is 79.8 Å². The van der Waals surface area contributed by atoms with Crippen molar-refractivity contribution in [2.75, 3.05) is 63.9 Å². The molecule has 8 rings (SSSR count). The number of aryl methyl sites for hydroxylation is 1. The molecule has 2 aromatic heterocycles. The number of hydrogen-bond donors (Lipinski definition) is 0. The second kappa shape index (κ2) is 15.4. The summed E-state index contributed by atoms with van der Waals surface area (Å²) in [6, 6.07) is 15.9. The number of ether oxygens (including phenoxy) is 4. The van der Waals surface area contributed by atoms with Crippen LogP contribution in [-0.4, -0.2) is 79.5 Å². The zero-order chi connectivity index (χ0) is 40.9. The number of methoxy groups -OCH3 is 2. The zero-order valence-corrected chi connectivity index (χ0v) is 33.4. The van der Waals surface area contributed by atoms with Gasteiger partial charge in [0.1, 0.15) is 41.9 Å². The van der Waals surface area contributed by atoms with Crippen LogP contribution in [0.1, 0.15) is 41.5 Å². The molecule has 304 valence electrons. The third-order valence-electron chi connectivity index (χ3n) is 11.3. The van der Waals surface area contributed by atoms with Crippen LogP contribution in [-0.2, 0) is 19.3 Å². The molecule has 0 bridgehead atoms. The Morgan fingerprint density at radius 2 is 1.62 bits per heavy atom. The monoisotopic (exact) mass is 818 g/mol. The van der Waals surface area contributed by atoms with Gasteiger partial charge in [-0.15, -0.1) is 0 Å². The maximum Gasteiger partial charge on any atom is 0.418 e. The van der Waals surface area contributed by atoms with Crippen molar-refractivity contribution in [1.82, 2.24) is 19.9 Å². The Labute approximate surface area is 339 Å². The van der Waals surface area contributed by atoms with E-state index in [2.05, 4.69) is 26.4 Å². The molecule has 3 aromatic carbocycles. The lowest BCUT2D eigenvalue weighted by molar-refractivity contribution is -0.137. The van der Waals surface area contributed by atoms with Gasteiger partial charge in [-0.3, -0.25) is 4.90 Å². The number of hydrogen-bond acceptors (Lipinski definition) is 10. The van der Waals surface area contributed by atoms with E-state index in [4.69, 9.17) is 30.5 Å². The molecule has 0 N–H and O–H groups in total. The van der Waals surface area contributed by atoms with Crippen molar-refractivity contribution < 1.29 is 36.5 Å². The average molecular weight is 819 g/mol. The summed E-state index contributed by atoms with van der Waals surface area (Å²) < 4.78 is 86.2. The highest BCUT2D eigenvalue weighted by atomic mass is 35.5. The van der Waals surface area contributed by atoms with E-state index >= 15 is 17.6 Å². The van der Waals surface area contributed by atoms with Crippen LogP contribution < -0.4 is 28.7 Å². The third-order valence-corrected chi connectivity index (χ3v) is 11.7. The highest BCUT2D eigenvalue weighted by Crippen LogP contribution is 2.50. The van der Waals surface area contributed by atoms with Crippen LogP contribution in [0.4, 0.5) is 29.2 Å². The molecule has 2 fully saturated rings. The Balaban J connectivity index is 1.29. The van der Waals surface area contributed by atoms with Gasteiger partial charge in [-0.25, -0.2) is 9.37 Å².